The molecule has 0 unspecified atom stereocenters. The molecule has 20 heavy (non-hydrogen) atoms. The summed E-state index contributed by atoms with van der Waals surface area (Å²) in [6.45, 7) is 10.4. The predicted octanol–water partition coefficient (Wildman–Crippen LogP) is 2.92. The highest BCUT2D eigenvalue weighted by atomic mass is 19.1. The van der Waals surface area contributed by atoms with Gasteiger partial charge in [0.1, 0.15) is 5.82 Å². The van der Waals surface area contributed by atoms with E-state index >= 15 is 0 Å². The van der Waals surface area contributed by atoms with Gasteiger partial charge in [0.2, 0.25) is 0 Å². The molecular weight excluding hydrogens is 255 g/mol. The summed E-state index contributed by atoms with van der Waals surface area (Å²) in [6.07, 6.45) is 0.653. The zero-order valence-electron chi connectivity index (χ0n) is 13.0. The smallest absolute Gasteiger partial charge is 0.146 e. The van der Waals surface area contributed by atoms with Crippen LogP contribution in [0.3, 0.4) is 0 Å². The Morgan fingerprint density at radius 2 is 2.00 bits per heavy atom. The van der Waals surface area contributed by atoms with Crippen molar-refractivity contribution in [3.05, 3.63) is 29.6 Å². The van der Waals surface area contributed by atoms with Crippen molar-refractivity contribution in [1.82, 2.24) is 5.32 Å². The van der Waals surface area contributed by atoms with Crippen LogP contribution in [0.15, 0.2) is 18.2 Å². The maximum Gasteiger partial charge on any atom is 0.146 e. The van der Waals surface area contributed by atoms with Crippen LogP contribution >= 0.6 is 0 Å². The number of aliphatic hydroxyl groups is 1. The van der Waals surface area contributed by atoms with E-state index in [1.165, 1.54) is 0 Å². The lowest BCUT2D eigenvalue weighted by Gasteiger charge is -2.24. The SMILES string of the molecule is CCN(CCCO)c1ccc(CNC(C)(C)C)cc1F. The number of rotatable bonds is 7. The minimum Gasteiger partial charge on any atom is -0.396 e. The Bertz CT molecular complexity index is 415. The lowest BCUT2D eigenvalue weighted by atomic mass is 10.1. The zero-order chi connectivity index (χ0) is 15.2. The number of hydrogen-bond acceptors (Lipinski definition) is 3. The monoisotopic (exact) mass is 282 g/mol. The van der Waals surface area contributed by atoms with Crippen molar-refractivity contribution in [3.8, 4) is 0 Å². The standard InChI is InChI=1S/C16H27FN2O/c1-5-19(9-6-10-20)15-8-7-13(11-14(15)17)12-18-16(2,3)4/h7-8,11,18,20H,5-6,9-10,12H2,1-4H3. The van der Waals surface area contributed by atoms with Crippen molar-refractivity contribution in [2.75, 3.05) is 24.6 Å². The van der Waals surface area contributed by atoms with E-state index in [0.717, 1.165) is 12.1 Å². The topological polar surface area (TPSA) is 35.5 Å². The predicted molar refractivity (Wildman–Crippen MR) is 82.6 cm³/mol. The molecule has 0 atom stereocenters. The van der Waals surface area contributed by atoms with Gasteiger partial charge in [-0.1, -0.05) is 6.07 Å². The van der Waals surface area contributed by atoms with E-state index in [9.17, 15) is 4.39 Å². The molecule has 0 saturated heterocycles. The van der Waals surface area contributed by atoms with Crippen molar-refractivity contribution in [2.45, 2.75) is 46.2 Å². The highest BCUT2D eigenvalue weighted by Gasteiger charge is 2.12. The molecule has 0 radical (unpaired) electrons. The molecule has 0 aliphatic rings. The van der Waals surface area contributed by atoms with Crippen LogP contribution in [-0.2, 0) is 6.54 Å². The molecule has 1 aromatic carbocycles. The minimum absolute atomic E-state index is 0.0196. The van der Waals surface area contributed by atoms with Crippen molar-refractivity contribution < 1.29 is 9.50 Å². The molecular formula is C16H27FN2O. The van der Waals surface area contributed by atoms with E-state index in [-0.39, 0.29) is 18.0 Å². The highest BCUT2D eigenvalue weighted by Crippen LogP contribution is 2.21. The number of aliphatic hydroxyl groups excluding tert-OH is 1. The van der Waals surface area contributed by atoms with Gasteiger partial charge in [-0.3, -0.25) is 0 Å². The molecule has 0 heterocycles. The summed E-state index contributed by atoms with van der Waals surface area (Å²) in [6, 6.07) is 5.38. The van der Waals surface area contributed by atoms with Gasteiger partial charge in [-0.25, -0.2) is 4.39 Å². The van der Waals surface area contributed by atoms with Crippen LogP contribution in [0, 0.1) is 5.82 Å². The molecule has 1 aromatic rings. The Balaban J connectivity index is 2.76. The Morgan fingerprint density at radius 3 is 2.50 bits per heavy atom. The number of halogens is 1. The number of anilines is 1. The third kappa shape index (κ3) is 5.47. The van der Waals surface area contributed by atoms with E-state index in [2.05, 4.69) is 26.1 Å². The first kappa shape index (κ1) is 16.9. The second kappa shape index (κ2) is 7.60. The molecule has 4 heteroatoms. The van der Waals surface area contributed by atoms with E-state index < -0.39 is 0 Å². The van der Waals surface area contributed by atoms with Gasteiger partial charge in [-0.05, 0) is 51.8 Å². The molecule has 0 aliphatic carbocycles. The maximum atomic E-state index is 14.2. The summed E-state index contributed by atoms with van der Waals surface area (Å²) in [7, 11) is 0. The molecule has 114 valence electrons. The van der Waals surface area contributed by atoms with Gasteiger partial charge in [0.15, 0.2) is 0 Å². The van der Waals surface area contributed by atoms with Crippen molar-refractivity contribution in [1.29, 1.82) is 0 Å². The average molecular weight is 282 g/mol. The Morgan fingerprint density at radius 1 is 1.30 bits per heavy atom. The van der Waals surface area contributed by atoms with E-state index in [1.54, 1.807) is 6.07 Å². The van der Waals surface area contributed by atoms with Crippen LogP contribution in [0.5, 0.6) is 0 Å². The molecule has 0 fully saturated rings. The second-order valence-electron chi connectivity index (χ2n) is 6.05. The van der Waals surface area contributed by atoms with Gasteiger partial charge in [0.05, 0.1) is 5.69 Å². The Kier molecular flexibility index (Phi) is 6.43. The van der Waals surface area contributed by atoms with Crippen LogP contribution in [0.2, 0.25) is 0 Å². The molecule has 0 amide bonds. The van der Waals surface area contributed by atoms with Crippen LogP contribution in [0.1, 0.15) is 39.7 Å². The van der Waals surface area contributed by atoms with Gasteiger partial charge in [-0.2, -0.15) is 0 Å². The van der Waals surface area contributed by atoms with Gasteiger partial charge in [0, 0.05) is 31.8 Å². The first-order valence-corrected chi connectivity index (χ1v) is 7.26. The fraction of sp³-hybridized carbons (Fsp3) is 0.625. The quantitative estimate of drug-likeness (QED) is 0.807. The van der Waals surface area contributed by atoms with Crippen LogP contribution in [-0.4, -0.2) is 30.3 Å². The lowest BCUT2D eigenvalue weighted by molar-refractivity contribution is 0.289. The largest absolute Gasteiger partial charge is 0.396 e. The molecule has 2 N–H and O–H groups in total. The fourth-order valence-corrected chi connectivity index (χ4v) is 1.99. The van der Waals surface area contributed by atoms with Crippen molar-refractivity contribution in [2.24, 2.45) is 0 Å². The summed E-state index contributed by atoms with van der Waals surface area (Å²) in [5, 5.41) is 12.2. The summed E-state index contributed by atoms with van der Waals surface area (Å²) >= 11 is 0. The van der Waals surface area contributed by atoms with Crippen LogP contribution < -0.4 is 10.2 Å². The molecule has 0 bridgehead atoms. The summed E-state index contributed by atoms with van der Waals surface area (Å²) in [5.74, 6) is -0.196. The van der Waals surface area contributed by atoms with Crippen molar-refractivity contribution >= 4 is 5.69 Å². The number of benzene rings is 1. The normalized spacial score (nSPS) is 11.7. The summed E-state index contributed by atoms with van der Waals surface area (Å²) in [4.78, 5) is 1.95. The second-order valence-corrected chi connectivity index (χ2v) is 6.05. The Labute approximate surface area is 121 Å². The third-order valence-electron chi connectivity index (χ3n) is 3.14. The van der Waals surface area contributed by atoms with Gasteiger partial charge >= 0.3 is 0 Å². The number of nitrogens with one attached hydrogen (secondary N) is 1. The molecule has 0 spiro atoms. The van der Waals surface area contributed by atoms with Crippen LogP contribution in [0.4, 0.5) is 10.1 Å². The lowest BCUT2D eigenvalue weighted by Crippen LogP contribution is -2.35. The van der Waals surface area contributed by atoms with E-state index in [4.69, 9.17) is 5.11 Å². The summed E-state index contributed by atoms with van der Waals surface area (Å²) < 4.78 is 14.2. The highest BCUT2D eigenvalue weighted by molar-refractivity contribution is 5.49. The van der Waals surface area contributed by atoms with Gasteiger partial charge in [-0.15, -0.1) is 0 Å². The van der Waals surface area contributed by atoms with Crippen molar-refractivity contribution in [3.63, 3.8) is 0 Å². The zero-order valence-corrected chi connectivity index (χ0v) is 13.0. The molecule has 0 aromatic heterocycles. The van der Waals surface area contributed by atoms with E-state index in [0.29, 0.717) is 25.2 Å². The molecule has 1 rings (SSSR count). The molecule has 0 aliphatic heterocycles. The molecule has 3 nitrogen and oxygen atoms in total. The minimum atomic E-state index is -0.196. The van der Waals surface area contributed by atoms with Gasteiger partial charge in [0.25, 0.3) is 0 Å². The summed E-state index contributed by atoms with van der Waals surface area (Å²) in [5.41, 5.74) is 1.57. The number of nitrogens with zero attached hydrogens (tertiary/aromatic N) is 1. The maximum absolute atomic E-state index is 14.2. The first-order valence-electron chi connectivity index (χ1n) is 7.26. The third-order valence-corrected chi connectivity index (χ3v) is 3.14. The van der Waals surface area contributed by atoms with Gasteiger partial charge < -0.3 is 15.3 Å². The van der Waals surface area contributed by atoms with E-state index in [1.807, 2.05) is 24.0 Å². The number of hydrogen-bond donors (Lipinski definition) is 2. The Hall–Kier alpha value is -1.13. The first-order chi connectivity index (χ1) is 9.37. The van der Waals surface area contributed by atoms with Crippen LogP contribution in [0.25, 0.3) is 0 Å². The molecule has 0 saturated carbocycles. The fourth-order valence-electron chi connectivity index (χ4n) is 1.99. The average Bonchev–Trinajstić information content (AvgIpc) is 2.38.